The Morgan fingerprint density at radius 3 is 2.53 bits per heavy atom. The molecule has 0 aromatic carbocycles. The molecule has 1 amide bonds. The number of nitrogens with one attached hydrogen (secondary N) is 1. The van der Waals surface area contributed by atoms with Gasteiger partial charge in [0.1, 0.15) is 0 Å². The summed E-state index contributed by atoms with van der Waals surface area (Å²) < 4.78 is 1.76. The Morgan fingerprint density at radius 1 is 1.10 bits per heavy atom. The van der Waals surface area contributed by atoms with Gasteiger partial charge in [-0.3, -0.25) is 4.79 Å². The van der Waals surface area contributed by atoms with Crippen LogP contribution in [0, 0.1) is 19.8 Å². The smallest absolute Gasteiger partial charge is 0.253 e. The molecule has 0 bridgehead atoms. The lowest BCUT2D eigenvalue weighted by Crippen LogP contribution is -2.46. The number of fused-ring (bicyclic) bond motifs is 1. The van der Waals surface area contributed by atoms with E-state index in [9.17, 15) is 4.79 Å². The molecule has 4 rings (SSSR count). The number of likely N-dealkylation sites (tertiary alicyclic amines) is 1. The van der Waals surface area contributed by atoms with E-state index in [-0.39, 0.29) is 11.9 Å². The third kappa shape index (κ3) is 4.97. The number of hydrogen-bond acceptors (Lipinski definition) is 6. The number of carbonyl (C=O) groups excluding carboxylic acids is 1. The van der Waals surface area contributed by atoms with Crippen LogP contribution in [0.5, 0.6) is 0 Å². The van der Waals surface area contributed by atoms with Crippen LogP contribution in [-0.2, 0) is 11.2 Å². The van der Waals surface area contributed by atoms with E-state index in [0.29, 0.717) is 17.4 Å². The number of aromatic nitrogens is 4. The van der Waals surface area contributed by atoms with Gasteiger partial charge in [-0.15, -0.1) is 5.10 Å². The van der Waals surface area contributed by atoms with Crippen molar-refractivity contribution in [3.05, 3.63) is 17.0 Å². The predicted octanol–water partition coefficient (Wildman–Crippen LogP) is 3.17. The molecule has 7 nitrogen and oxygen atoms in total. The first-order chi connectivity index (χ1) is 14.5. The number of thioether (sulfide) groups is 1. The van der Waals surface area contributed by atoms with E-state index in [0.717, 1.165) is 48.8 Å². The Labute approximate surface area is 183 Å². The highest BCUT2D eigenvalue weighted by atomic mass is 32.2. The molecule has 0 atom stereocenters. The van der Waals surface area contributed by atoms with Crippen molar-refractivity contribution in [2.45, 2.75) is 76.4 Å². The first-order valence-corrected chi connectivity index (χ1v) is 12.5. The third-order valence-electron chi connectivity index (χ3n) is 6.74. The molecule has 2 fully saturated rings. The fourth-order valence-electron chi connectivity index (χ4n) is 4.97. The summed E-state index contributed by atoms with van der Waals surface area (Å²) in [6.45, 7) is 7.40. The van der Waals surface area contributed by atoms with Gasteiger partial charge in [-0.05, 0) is 51.7 Å². The van der Waals surface area contributed by atoms with Gasteiger partial charge in [-0.25, -0.2) is 9.50 Å². The van der Waals surface area contributed by atoms with Gasteiger partial charge in [0.25, 0.3) is 5.78 Å². The van der Waals surface area contributed by atoms with Crippen molar-refractivity contribution in [2.24, 2.45) is 5.92 Å². The lowest BCUT2D eigenvalue weighted by molar-refractivity contribution is -0.121. The normalized spacial score (nSPS) is 19.4. The highest BCUT2D eigenvalue weighted by Crippen LogP contribution is 2.25. The molecule has 2 aromatic heterocycles. The van der Waals surface area contributed by atoms with E-state index in [1.54, 1.807) is 4.52 Å². The number of aryl methyl sites for hydroxylation is 2. The van der Waals surface area contributed by atoms with Crippen LogP contribution in [0.4, 0.5) is 0 Å². The molecule has 2 aliphatic rings. The first kappa shape index (κ1) is 21.6. The minimum absolute atomic E-state index is 0.0817. The van der Waals surface area contributed by atoms with Crippen LogP contribution in [0.2, 0.25) is 0 Å². The number of rotatable bonds is 6. The largest absolute Gasteiger partial charge is 0.353 e. The monoisotopic (exact) mass is 430 g/mol. The molecule has 1 saturated heterocycles. The summed E-state index contributed by atoms with van der Waals surface area (Å²) >= 11 is 1.50. The molecule has 2 aromatic rings. The van der Waals surface area contributed by atoms with Gasteiger partial charge >= 0.3 is 0 Å². The van der Waals surface area contributed by atoms with Crippen molar-refractivity contribution in [1.82, 2.24) is 29.8 Å². The zero-order chi connectivity index (χ0) is 21.1. The second-order valence-electron chi connectivity index (χ2n) is 8.89. The number of nitrogens with zero attached hydrogens (tertiary/aromatic N) is 5. The fraction of sp³-hybridized carbons (Fsp3) is 0.727. The third-order valence-corrected chi connectivity index (χ3v) is 7.28. The molecule has 1 aliphatic carbocycles. The van der Waals surface area contributed by atoms with E-state index >= 15 is 0 Å². The average molecular weight is 431 g/mol. The van der Waals surface area contributed by atoms with E-state index in [1.165, 1.54) is 50.4 Å². The Morgan fingerprint density at radius 2 is 1.83 bits per heavy atom. The maximum Gasteiger partial charge on any atom is 0.253 e. The van der Waals surface area contributed by atoms with Crippen molar-refractivity contribution < 1.29 is 4.79 Å². The van der Waals surface area contributed by atoms with Crippen molar-refractivity contribution in [1.29, 1.82) is 0 Å². The van der Waals surface area contributed by atoms with E-state index < -0.39 is 0 Å². The molecule has 30 heavy (non-hydrogen) atoms. The summed E-state index contributed by atoms with van der Waals surface area (Å²) in [5.41, 5.74) is 2.76. The second kappa shape index (κ2) is 9.64. The minimum atomic E-state index is 0.0817. The zero-order valence-electron chi connectivity index (χ0n) is 18.5. The van der Waals surface area contributed by atoms with Crippen molar-refractivity contribution >= 4 is 23.4 Å². The van der Waals surface area contributed by atoms with Gasteiger partial charge in [0, 0.05) is 42.6 Å². The van der Waals surface area contributed by atoms with Crippen molar-refractivity contribution in [3.8, 4) is 0 Å². The summed E-state index contributed by atoms with van der Waals surface area (Å²) in [6.07, 6.45) is 11.4. The predicted molar refractivity (Wildman–Crippen MR) is 120 cm³/mol. The molecular weight excluding hydrogens is 396 g/mol. The molecule has 164 valence electrons. The van der Waals surface area contributed by atoms with Gasteiger partial charge in [-0.2, -0.15) is 4.98 Å². The zero-order valence-corrected chi connectivity index (χ0v) is 19.3. The maximum atomic E-state index is 12.8. The van der Waals surface area contributed by atoms with E-state index in [2.05, 4.69) is 25.3 Å². The van der Waals surface area contributed by atoms with Crippen LogP contribution in [0.15, 0.2) is 5.16 Å². The molecule has 0 radical (unpaired) electrons. The Kier molecular flexibility index (Phi) is 6.93. The summed E-state index contributed by atoms with van der Waals surface area (Å²) in [5.74, 6) is 1.57. The second-order valence-corrected chi connectivity index (χ2v) is 9.67. The van der Waals surface area contributed by atoms with Gasteiger partial charge in [0.2, 0.25) is 11.1 Å². The number of carbonyl (C=O) groups is 1. The highest BCUT2D eigenvalue weighted by molar-refractivity contribution is 7.98. The average Bonchev–Trinajstić information content (AvgIpc) is 3.16. The van der Waals surface area contributed by atoms with Crippen LogP contribution in [0.1, 0.15) is 61.9 Å². The first-order valence-electron chi connectivity index (χ1n) is 11.3. The summed E-state index contributed by atoms with van der Waals surface area (Å²) in [4.78, 5) is 24.4. The molecule has 0 unspecified atom stereocenters. The fourth-order valence-corrected chi connectivity index (χ4v) is 5.30. The van der Waals surface area contributed by atoms with E-state index in [4.69, 9.17) is 0 Å². The maximum absolute atomic E-state index is 12.8. The molecule has 1 aliphatic heterocycles. The van der Waals surface area contributed by atoms with Gasteiger partial charge < -0.3 is 10.2 Å². The van der Waals surface area contributed by atoms with Crippen LogP contribution < -0.4 is 5.32 Å². The topological polar surface area (TPSA) is 75.4 Å². The lowest BCUT2D eigenvalue weighted by Gasteiger charge is -2.35. The van der Waals surface area contributed by atoms with Gasteiger partial charge in [0.05, 0.1) is 6.42 Å². The SMILES string of the molecule is CSc1nc2nc(C)c(CC(=O)NC3CCN(CC4CCCCC4)CC3)c(C)n2n1. The van der Waals surface area contributed by atoms with Crippen LogP contribution in [-0.4, -0.2) is 62.3 Å². The van der Waals surface area contributed by atoms with Gasteiger partial charge in [-0.1, -0.05) is 31.0 Å². The van der Waals surface area contributed by atoms with E-state index in [1.807, 2.05) is 20.1 Å². The summed E-state index contributed by atoms with van der Waals surface area (Å²) in [7, 11) is 0. The van der Waals surface area contributed by atoms with Crippen LogP contribution in [0.25, 0.3) is 5.78 Å². The van der Waals surface area contributed by atoms with Crippen LogP contribution >= 0.6 is 11.8 Å². The highest BCUT2D eigenvalue weighted by Gasteiger charge is 2.24. The lowest BCUT2D eigenvalue weighted by atomic mass is 9.88. The molecule has 1 N–H and O–H groups in total. The van der Waals surface area contributed by atoms with Crippen molar-refractivity contribution in [2.75, 3.05) is 25.9 Å². The summed E-state index contributed by atoms with van der Waals surface area (Å²) in [5, 5.41) is 8.45. The molecule has 8 heteroatoms. The summed E-state index contributed by atoms with van der Waals surface area (Å²) in [6, 6.07) is 0.284. The minimum Gasteiger partial charge on any atom is -0.353 e. The molecular formula is C22H34N6OS. The quantitative estimate of drug-likeness (QED) is 0.710. The Bertz CT molecular complexity index is 883. The Balaban J connectivity index is 1.31. The van der Waals surface area contributed by atoms with Gasteiger partial charge in [0.15, 0.2) is 0 Å². The number of amides is 1. The molecule has 3 heterocycles. The molecule has 1 saturated carbocycles. The van der Waals surface area contributed by atoms with Crippen molar-refractivity contribution in [3.63, 3.8) is 0 Å². The number of piperidine rings is 1. The Hall–Kier alpha value is -1.67. The standard InChI is InChI=1S/C22H34N6OS/c1-15-19(16(2)28-21(23-15)25-22(26-28)30-3)13-20(29)24-18-9-11-27(12-10-18)14-17-7-5-4-6-8-17/h17-18H,4-14H2,1-3H3,(H,24,29). The van der Waals surface area contributed by atoms with Crippen LogP contribution in [0.3, 0.4) is 0 Å². The molecule has 0 spiro atoms. The number of hydrogen-bond donors (Lipinski definition) is 1.